The van der Waals surface area contributed by atoms with Crippen LogP contribution in [0.15, 0.2) is 8.26 Å². The molecular weight excluding hydrogens is 368 g/mol. The van der Waals surface area contributed by atoms with Gasteiger partial charge in [0.1, 0.15) is 0 Å². The van der Waals surface area contributed by atoms with E-state index in [0.717, 1.165) is 11.3 Å². The van der Waals surface area contributed by atoms with Gasteiger partial charge >= 0.3 is 11.9 Å². The molecule has 1 heterocycles. The number of rotatable bonds is 4. The number of hydrogen-bond donors (Lipinski definition) is 1. The minimum absolute atomic E-state index is 0.0163. The molecule has 0 atom stereocenters. The van der Waals surface area contributed by atoms with Gasteiger partial charge in [-0.3, -0.25) is 0 Å². The van der Waals surface area contributed by atoms with Crippen molar-refractivity contribution in [2.24, 2.45) is 0 Å². The van der Waals surface area contributed by atoms with Gasteiger partial charge in [-0.2, -0.15) is 0 Å². The molecule has 8 heteroatoms. The van der Waals surface area contributed by atoms with Crippen LogP contribution in [0.1, 0.15) is 9.67 Å². The normalized spacial score (nSPS) is 9.94. The quantitative estimate of drug-likeness (QED) is 0.821. The zero-order chi connectivity index (χ0) is 12.3. The molecule has 1 aromatic rings. The summed E-state index contributed by atoms with van der Waals surface area (Å²) < 4.78 is 10.5. The molecule has 0 bridgehead atoms. The highest BCUT2D eigenvalue weighted by Gasteiger charge is 2.22. The molecule has 0 aliphatic heterocycles. The maximum absolute atomic E-state index is 10.9. The van der Waals surface area contributed by atoms with Crippen LogP contribution in [0.4, 0.5) is 0 Å². The molecule has 0 aliphatic carbocycles. The lowest BCUT2D eigenvalue weighted by atomic mass is 10.4. The first-order valence-corrected chi connectivity index (χ1v) is 6.28. The first-order valence-electron chi connectivity index (χ1n) is 3.88. The molecule has 0 fully saturated rings. The van der Waals surface area contributed by atoms with Gasteiger partial charge in [-0.15, -0.1) is 11.3 Å². The minimum atomic E-state index is -1.11. The van der Waals surface area contributed by atoms with E-state index < -0.39 is 11.9 Å². The molecule has 1 rings (SSSR count). The van der Waals surface area contributed by atoms with E-state index in [2.05, 4.69) is 36.6 Å². The Bertz CT molecular complexity index is 428. The topological polar surface area (TPSA) is 72.8 Å². The van der Waals surface area contributed by atoms with Crippen LogP contribution in [0.5, 0.6) is 5.75 Å². The third-order valence-electron chi connectivity index (χ3n) is 1.53. The second kappa shape index (κ2) is 5.65. The van der Waals surface area contributed by atoms with Gasteiger partial charge in [0.2, 0.25) is 0 Å². The molecule has 0 spiro atoms. The van der Waals surface area contributed by atoms with Crippen LogP contribution in [-0.2, 0) is 9.53 Å². The lowest BCUT2D eigenvalue weighted by Crippen LogP contribution is -2.13. The van der Waals surface area contributed by atoms with Gasteiger partial charge in [-0.25, -0.2) is 9.59 Å². The third-order valence-corrected chi connectivity index (χ3v) is 4.91. The molecule has 16 heavy (non-hydrogen) atoms. The number of carbonyl (C=O) groups excluding carboxylic acids is 1. The maximum Gasteiger partial charge on any atom is 0.349 e. The number of ether oxygens (including phenoxy) is 2. The van der Waals surface area contributed by atoms with Crippen molar-refractivity contribution < 1.29 is 24.2 Å². The molecule has 0 radical (unpaired) electrons. The number of carboxylic acid groups (broad SMARTS) is 1. The molecule has 0 unspecified atom stereocenters. The summed E-state index contributed by atoms with van der Waals surface area (Å²) in [7, 11) is 1.22. The Kier molecular flexibility index (Phi) is 4.75. The molecule has 5 nitrogen and oxygen atoms in total. The van der Waals surface area contributed by atoms with Gasteiger partial charge in [-0.05, 0) is 31.9 Å². The van der Waals surface area contributed by atoms with Crippen molar-refractivity contribution in [3.05, 3.63) is 13.1 Å². The molecule has 0 saturated heterocycles. The van der Waals surface area contributed by atoms with E-state index >= 15 is 0 Å². The van der Waals surface area contributed by atoms with Gasteiger partial charge in [0.15, 0.2) is 17.2 Å². The molecular formula is C8H6Br2O5S. The Morgan fingerprint density at radius 3 is 2.56 bits per heavy atom. The van der Waals surface area contributed by atoms with Crippen LogP contribution in [-0.4, -0.2) is 30.8 Å². The van der Waals surface area contributed by atoms with Gasteiger partial charge in [0, 0.05) is 0 Å². The van der Waals surface area contributed by atoms with Crippen LogP contribution < -0.4 is 4.74 Å². The second-order valence-electron chi connectivity index (χ2n) is 2.52. The van der Waals surface area contributed by atoms with E-state index in [0.29, 0.717) is 8.26 Å². The van der Waals surface area contributed by atoms with Crippen molar-refractivity contribution >= 4 is 55.1 Å². The molecule has 1 N–H and O–H groups in total. The molecule has 0 amide bonds. The number of carboxylic acids is 1. The van der Waals surface area contributed by atoms with Crippen molar-refractivity contribution in [3.63, 3.8) is 0 Å². The molecule has 0 aromatic carbocycles. The Morgan fingerprint density at radius 2 is 2.06 bits per heavy atom. The van der Waals surface area contributed by atoms with E-state index in [1.54, 1.807) is 0 Å². The van der Waals surface area contributed by atoms with Gasteiger partial charge in [-0.1, -0.05) is 0 Å². The average molecular weight is 374 g/mol. The van der Waals surface area contributed by atoms with Crippen LogP contribution >= 0.6 is 43.2 Å². The van der Waals surface area contributed by atoms with Crippen LogP contribution in [0.3, 0.4) is 0 Å². The van der Waals surface area contributed by atoms with Gasteiger partial charge < -0.3 is 14.6 Å². The molecule has 0 saturated carbocycles. The lowest BCUT2D eigenvalue weighted by molar-refractivity contribution is -0.142. The Labute approximate surface area is 112 Å². The number of methoxy groups -OCH3 is 1. The van der Waals surface area contributed by atoms with Crippen LogP contribution in [0.2, 0.25) is 0 Å². The highest BCUT2D eigenvalue weighted by molar-refractivity contribution is 9.13. The van der Waals surface area contributed by atoms with Crippen molar-refractivity contribution in [1.29, 1.82) is 0 Å². The lowest BCUT2D eigenvalue weighted by Gasteiger charge is -2.04. The maximum atomic E-state index is 10.9. The number of carbonyl (C=O) groups is 2. The fourth-order valence-corrected chi connectivity index (χ4v) is 2.88. The van der Waals surface area contributed by atoms with E-state index in [4.69, 9.17) is 9.84 Å². The molecule has 88 valence electrons. The molecule has 1 aromatic heterocycles. The summed E-state index contributed by atoms with van der Waals surface area (Å²) in [6.45, 7) is -0.335. The van der Waals surface area contributed by atoms with E-state index in [1.165, 1.54) is 7.11 Å². The van der Waals surface area contributed by atoms with E-state index in [1.807, 2.05) is 0 Å². The predicted molar refractivity (Wildman–Crippen MR) is 64.2 cm³/mol. The summed E-state index contributed by atoms with van der Waals surface area (Å²) in [5, 5.41) is 8.90. The van der Waals surface area contributed by atoms with Crippen molar-refractivity contribution in [1.82, 2.24) is 0 Å². The monoisotopic (exact) mass is 372 g/mol. The Balaban J connectivity index is 2.93. The van der Waals surface area contributed by atoms with Crippen LogP contribution in [0, 0.1) is 0 Å². The zero-order valence-electron chi connectivity index (χ0n) is 7.95. The van der Waals surface area contributed by atoms with Crippen molar-refractivity contribution in [2.75, 3.05) is 13.7 Å². The SMILES string of the molecule is COC(=O)COc1c(C(=O)O)sc(Br)c1Br. The zero-order valence-corrected chi connectivity index (χ0v) is 11.9. The number of halogens is 2. The van der Waals surface area contributed by atoms with Crippen LogP contribution in [0.25, 0.3) is 0 Å². The predicted octanol–water partition coefficient (Wildman–Crippen LogP) is 2.52. The number of thiophene rings is 1. The Hall–Kier alpha value is -0.600. The van der Waals surface area contributed by atoms with E-state index in [-0.39, 0.29) is 17.2 Å². The third kappa shape index (κ3) is 2.96. The average Bonchev–Trinajstić information content (AvgIpc) is 2.53. The smallest absolute Gasteiger partial charge is 0.349 e. The molecule has 0 aliphatic rings. The van der Waals surface area contributed by atoms with Crippen molar-refractivity contribution in [3.8, 4) is 5.75 Å². The first kappa shape index (κ1) is 13.5. The summed E-state index contributed by atoms with van der Waals surface area (Å²) in [4.78, 5) is 21.8. The second-order valence-corrected chi connectivity index (χ2v) is 5.65. The number of hydrogen-bond acceptors (Lipinski definition) is 5. The van der Waals surface area contributed by atoms with Gasteiger partial charge in [0.25, 0.3) is 0 Å². The Morgan fingerprint density at radius 1 is 1.44 bits per heavy atom. The number of esters is 1. The summed E-state index contributed by atoms with van der Waals surface area (Å²) in [5.74, 6) is -1.57. The minimum Gasteiger partial charge on any atom is -0.479 e. The first-order chi connectivity index (χ1) is 7.47. The highest BCUT2D eigenvalue weighted by Crippen LogP contribution is 2.43. The standard InChI is InChI=1S/C8H6Br2O5S/c1-14-3(11)2-15-5-4(9)7(10)16-6(5)8(12)13/h2H2,1H3,(H,12,13). The summed E-state index contributed by atoms with van der Waals surface area (Å²) >= 11 is 7.34. The fourth-order valence-electron chi connectivity index (χ4n) is 0.829. The fraction of sp³-hybridized carbons (Fsp3) is 0.250. The highest BCUT2D eigenvalue weighted by atomic mass is 79.9. The summed E-state index contributed by atoms with van der Waals surface area (Å²) in [6.07, 6.45) is 0. The van der Waals surface area contributed by atoms with Gasteiger partial charge in [0.05, 0.1) is 15.4 Å². The van der Waals surface area contributed by atoms with Crippen molar-refractivity contribution in [2.45, 2.75) is 0 Å². The number of aromatic carboxylic acids is 1. The summed E-state index contributed by atoms with van der Waals surface area (Å²) in [5.41, 5.74) is 0. The van der Waals surface area contributed by atoms with E-state index in [9.17, 15) is 9.59 Å². The summed E-state index contributed by atoms with van der Waals surface area (Å²) in [6, 6.07) is 0. The largest absolute Gasteiger partial charge is 0.479 e.